The first-order chi connectivity index (χ1) is 13.9. The van der Waals surface area contributed by atoms with Gasteiger partial charge < -0.3 is 4.74 Å². The molecule has 5 heteroatoms. The molecule has 0 spiro atoms. The van der Waals surface area contributed by atoms with E-state index < -0.39 is 5.60 Å². The summed E-state index contributed by atoms with van der Waals surface area (Å²) in [5, 5.41) is 0. The van der Waals surface area contributed by atoms with E-state index in [9.17, 15) is 4.79 Å². The highest BCUT2D eigenvalue weighted by Crippen LogP contribution is 2.38. The highest BCUT2D eigenvalue weighted by Gasteiger charge is 2.36. The molecule has 1 aliphatic carbocycles. The summed E-state index contributed by atoms with van der Waals surface area (Å²) in [7, 11) is 0. The molecule has 2 aliphatic rings. The summed E-state index contributed by atoms with van der Waals surface area (Å²) >= 11 is 0. The molecule has 5 nitrogen and oxygen atoms in total. The van der Waals surface area contributed by atoms with E-state index in [2.05, 4.69) is 17.9 Å². The molecule has 0 radical (unpaired) electrons. The fraction of sp³-hybridized carbons (Fsp3) is 0.750. The van der Waals surface area contributed by atoms with Gasteiger partial charge in [-0.15, -0.1) is 0 Å². The van der Waals surface area contributed by atoms with E-state index in [4.69, 9.17) is 9.72 Å². The number of unbranched alkanes of at least 4 members (excludes halogenated alkanes) is 1. The number of amides is 1. The van der Waals surface area contributed by atoms with Crippen LogP contribution in [0.15, 0.2) is 18.3 Å². The highest BCUT2D eigenvalue weighted by atomic mass is 16.6. The van der Waals surface area contributed by atoms with Gasteiger partial charge in [-0.3, -0.25) is 9.80 Å². The van der Waals surface area contributed by atoms with Crippen molar-refractivity contribution in [1.82, 2.24) is 9.88 Å². The minimum atomic E-state index is -0.513. The van der Waals surface area contributed by atoms with Crippen LogP contribution < -0.4 is 4.90 Å². The Balaban J connectivity index is 1.95. The Morgan fingerprint density at radius 2 is 1.93 bits per heavy atom. The van der Waals surface area contributed by atoms with E-state index in [0.29, 0.717) is 6.04 Å². The van der Waals surface area contributed by atoms with Gasteiger partial charge in [0, 0.05) is 23.8 Å². The molecule has 0 unspecified atom stereocenters. The lowest BCUT2D eigenvalue weighted by molar-refractivity contribution is 0.0563. The second kappa shape index (κ2) is 9.92. The molecule has 0 bridgehead atoms. The average Bonchev–Trinajstić information content (AvgIpc) is 3.20. The molecule has 0 aromatic carbocycles. The van der Waals surface area contributed by atoms with Crippen molar-refractivity contribution in [3.8, 4) is 0 Å². The monoisotopic (exact) mass is 401 g/mol. The molecule has 2 heterocycles. The SMILES string of the molecule is CCCCN1CCCC[C@H]1c1cccnc1N(C(=O)OC(C)(C)C)C1CCCC1. The minimum Gasteiger partial charge on any atom is -0.443 e. The van der Waals surface area contributed by atoms with E-state index in [0.717, 1.165) is 51.0 Å². The summed E-state index contributed by atoms with van der Waals surface area (Å²) in [5.41, 5.74) is 0.682. The normalized spacial score (nSPS) is 21.3. The first-order valence-electron chi connectivity index (χ1n) is 11.6. The Morgan fingerprint density at radius 3 is 2.62 bits per heavy atom. The molecule has 1 aromatic rings. The number of hydrogen-bond donors (Lipinski definition) is 0. The van der Waals surface area contributed by atoms with Gasteiger partial charge in [-0.25, -0.2) is 9.78 Å². The van der Waals surface area contributed by atoms with Crippen LogP contribution >= 0.6 is 0 Å². The van der Waals surface area contributed by atoms with Crippen molar-refractivity contribution in [1.29, 1.82) is 0 Å². The fourth-order valence-electron chi connectivity index (χ4n) is 4.72. The Morgan fingerprint density at radius 1 is 1.21 bits per heavy atom. The third kappa shape index (κ3) is 5.71. The third-order valence-corrected chi connectivity index (χ3v) is 6.10. The van der Waals surface area contributed by atoms with Gasteiger partial charge in [-0.2, -0.15) is 0 Å². The molecular formula is C24H39N3O2. The predicted molar refractivity (Wildman–Crippen MR) is 118 cm³/mol. The van der Waals surface area contributed by atoms with Crippen molar-refractivity contribution in [2.75, 3.05) is 18.0 Å². The summed E-state index contributed by atoms with van der Waals surface area (Å²) in [6.07, 6.45) is 12.0. The first-order valence-corrected chi connectivity index (χ1v) is 11.6. The second-order valence-electron chi connectivity index (χ2n) is 9.61. The number of ether oxygens (including phenoxy) is 1. The Hall–Kier alpha value is -1.62. The summed E-state index contributed by atoms with van der Waals surface area (Å²) in [6, 6.07) is 4.73. The van der Waals surface area contributed by atoms with Crippen molar-refractivity contribution in [2.24, 2.45) is 0 Å². The number of pyridine rings is 1. The maximum absolute atomic E-state index is 13.3. The van der Waals surface area contributed by atoms with Gasteiger partial charge in [0.05, 0.1) is 0 Å². The molecule has 162 valence electrons. The van der Waals surface area contributed by atoms with Gasteiger partial charge >= 0.3 is 6.09 Å². The summed E-state index contributed by atoms with van der Waals surface area (Å²) in [4.78, 5) is 22.5. The number of rotatable bonds is 6. The van der Waals surface area contributed by atoms with E-state index in [1.165, 1.54) is 31.2 Å². The lowest BCUT2D eigenvalue weighted by atomic mass is 9.94. The van der Waals surface area contributed by atoms with E-state index in [1.54, 1.807) is 0 Å². The molecule has 1 aromatic heterocycles. The molecule has 1 saturated heterocycles. The van der Waals surface area contributed by atoms with Crippen molar-refractivity contribution in [3.63, 3.8) is 0 Å². The number of nitrogens with zero attached hydrogens (tertiary/aromatic N) is 3. The molecule has 1 aliphatic heterocycles. The summed E-state index contributed by atoms with van der Waals surface area (Å²) in [6.45, 7) is 10.3. The van der Waals surface area contributed by atoms with Gasteiger partial charge in [0.25, 0.3) is 0 Å². The standard InChI is InChI=1S/C24H39N3O2/c1-5-6-17-26-18-10-9-15-21(26)20-14-11-16-25-22(20)27(19-12-7-8-13-19)23(28)29-24(2,3)4/h11,14,16,19,21H,5-10,12-13,15,17-18H2,1-4H3/t21-/m0/s1. The van der Waals surface area contributed by atoms with Crippen LogP contribution in [0.2, 0.25) is 0 Å². The second-order valence-corrected chi connectivity index (χ2v) is 9.61. The smallest absolute Gasteiger partial charge is 0.416 e. The van der Waals surface area contributed by atoms with Crippen molar-refractivity contribution in [3.05, 3.63) is 23.9 Å². The lowest BCUT2D eigenvalue weighted by Gasteiger charge is -2.39. The van der Waals surface area contributed by atoms with Crippen LogP contribution in [0, 0.1) is 0 Å². The van der Waals surface area contributed by atoms with Gasteiger partial charge in [0.2, 0.25) is 0 Å². The lowest BCUT2D eigenvalue weighted by Crippen LogP contribution is -2.44. The molecule has 1 atom stereocenters. The van der Waals surface area contributed by atoms with Crippen LogP contribution in [-0.4, -0.2) is 40.7 Å². The molecule has 0 N–H and O–H groups in total. The molecular weight excluding hydrogens is 362 g/mol. The average molecular weight is 402 g/mol. The fourth-order valence-corrected chi connectivity index (χ4v) is 4.72. The van der Waals surface area contributed by atoms with Gasteiger partial charge in [0.15, 0.2) is 0 Å². The zero-order valence-electron chi connectivity index (χ0n) is 18.8. The van der Waals surface area contributed by atoms with Crippen molar-refractivity contribution in [2.45, 2.75) is 103 Å². The number of piperidine rings is 1. The molecule has 1 amide bonds. The Labute approximate surface area is 176 Å². The number of carbonyl (C=O) groups is 1. The van der Waals surface area contributed by atoms with E-state index in [1.807, 2.05) is 37.9 Å². The van der Waals surface area contributed by atoms with Crippen LogP contribution in [-0.2, 0) is 4.74 Å². The zero-order valence-corrected chi connectivity index (χ0v) is 18.8. The van der Waals surface area contributed by atoms with Crippen LogP contribution in [0.3, 0.4) is 0 Å². The molecule has 3 rings (SSSR count). The number of hydrogen-bond acceptors (Lipinski definition) is 4. The number of carbonyl (C=O) groups excluding carboxylic acids is 1. The first kappa shape index (κ1) is 22.1. The largest absolute Gasteiger partial charge is 0.443 e. The molecule has 29 heavy (non-hydrogen) atoms. The quantitative estimate of drug-likeness (QED) is 0.578. The summed E-state index contributed by atoms with van der Waals surface area (Å²) < 4.78 is 5.83. The van der Waals surface area contributed by atoms with E-state index >= 15 is 0 Å². The van der Waals surface area contributed by atoms with Crippen molar-refractivity contribution >= 4 is 11.9 Å². The Kier molecular flexibility index (Phi) is 7.55. The third-order valence-electron chi connectivity index (χ3n) is 6.10. The zero-order chi connectivity index (χ0) is 20.9. The molecule has 2 fully saturated rings. The van der Waals surface area contributed by atoms with Crippen LogP contribution in [0.5, 0.6) is 0 Å². The predicted octanol–water partition coefficient (Wildman–Crippen LogP) is 6.09. The van der Waals surface area contributed by atoms with Crippen molar-refractivity contribution < 1.29 is 9.53 Å². The maximum Gasteiger partial charge on any atom is 0.416 e. The van der Waals surface area contributed by atoms with Gasteiger partial charge in [-0.05, 0) is 72.0 Å². The van der Waals surface area contributed by atoms with Gasteiger partial charge in [-0.1, -0.05) is 38.7 Å². The number of likely N-dealkylation sites (tertiary alicyclic amines) is 1. The number of aromatic nitrogens is 1. The van der Waals surface area contributed by atoms with Crippen LogP contribution in [0.25, 0.3) is 0 Å². The Bertz CT molecular complexity index is 664. The van der Waals surface area contributed by atoms with Crippen LogP contribution in [0.1, 0.15) is 97.1 Å². The van der Waals surface area contributed by atoms with Crippen LogP contribution in [0.4, 0.5) is 10.6 Å². The maximum atomic E-state index is 13.3. The van der Waals surface area contributed by atoms with E-state index in [-0.39, 0.29) is 12.1 Å². The van der Waals surface area contributed by atoms with Gasteiger partial charge in [0.1, 0.15) is 11.4 Å². The summed E-state index contributed by atoms with van der Waals surface area (Å²) in [5.74, 6) is 0.821. The minimum absolute atomic E-state index is 0.186. The number of anilines is 1. The molecule has 1 saturated carbocycles. The highest BCUT2D eigenvalue weighted by molar-refractivity contribution is 5.88. The topological polar surface area (TPSA) is 45.7 Å².